The summed E-state index contributed by atoms with van der Waals surface area (Å²) in [6, 6.07) is 16.5. The topological polar surface area (TPSA) is 123 Å². The Morgan fingerprint density at radius 1 is 1.07 bits per heavy atom. The Balaban J connectivity index is 1.41. The summed E-state index contributed by atoms with van der Waals surface area (Å²) in [6.07, 6.45) is 0. The first-order valence-corrected chi connectivity index (χ1v) is 9.01. The van der Waals surface area contributed by atoms with E-state index in [0.29, 0.717) is 11.7 Å². The third kappa shape index (κ3) is 3.67. The van der Waals surface area contributed by atoms with E-state index in [1.165, 1.54) is 6.07 Å². The lowest BCUT2D eigenvalue weighted by molar-refractivity contribution is -0.402. The molecule has 10 heteroatoms. The van der Waals surface area contributed by atoms with Gasteiger partial charge in [0.1, 0.15) is 4.92 Å². The Hall–Kier alpha value is -3.79. The van der Waals surface area contributed by atoms with Crippen LogP contribution in [0.15, 0.2) is 59.0 Å². The lowest BCUT2D eigenvalue weighted by Gasteiger charge is -2.06. The van der Waals surface area contributed by atoms with Gasteiger partial charge in [-0.1, -0.05) is 53.8 Å². The lowest BCUT2D eigenvalue weighted by Crippen LogP contribution is -2.10. The van der Waals surface area contributed by atoms with E-state index in [4.69, 9.17) is 4.42 Å². The van der Waals surface area contributed by atoms with Gasteiger partial charge in [0, 0.05) is 6.54 Å². The number of fused-ring (bicyclic) bond motifs is 1. The van der Waals surface area contributed by atoms with Crippen molar-refractivity contribution in [1.82, 2.24) is 10.2 Å². The Labute approximate surface area is 162 Å². The molecule has 28 heavy (non-hydrogen) atoms. The Bertz CT molecular complexity index is 1160. The summed E-state index contributed by atoms with van der Waals surface area (Å²) in [4.78, 5) is 22.0. The molecule has 1 amide bonds. The van der Waals surface area contributed by atoms with Crippen LogP contribution in [0, 0.1) is 10.1 Å². The van der Waals surface area contributed by atoms with Gasteiger partial charge >= 0.3 is 5.88 Å². The second kappa shape index (κ2) is 7.45. The zero-order valence-electron chi connectivity index (χ0n) is 14.3. The van der Waals surface area contributed by atoms with Crippen LogP contribution in [0.2, 0.25) is 0 Å². The van der Waals surface area contributed by atoms with Gasteiger partial charge in [-0.25, -0.2) is 0 Å². The van der Waals surface area contributed by atoms with Crippen molar-refractivity contribution in [2.24, 2.45) is 0 Å². The average molecular weight is 395 g/mol. The minimum atomic E-state index is -0.711. The molecule has 0 aliphatic carbocycles. The van der Waals surface area contributed by atoms with E-state index in [1.807, 2.05) is 24.3 Å². The molecule has 0 unspecified atom stereocenters. The highest BCUT2D eigenvalue weighted by molar-refractivity contribution is 7.19. The van der Waals surface area contributed by atoms with E-state index in [9.17, 15) is 14.9 Å². The minimum Gasteiger partial charge on any atom is -0.395 e. The number of hydrogen-bond donors (Lipinski definition) is 2. The summed E-state index contributed by atoms with van der Waals surface area (Å²) in [7, 11) is 0. The quantitative estimate of drug-likeness (QED) is 0.373. The van der Waals surface area contributed by atoms with E-state index in [0.717, 1.165) is 33.7 Å². The number of rotatable bonds is 6. The first kappa shape index (κ1) is 17.6. The van der Waals surface area contributed by atoms with Gasteiger partial charge in [-0.05, 0) is 22.4 Å². The molecule has 4 rings (SSSR count). The fourth-order valence-corrected chi connectivity index (χ4v) is 3.30. The molecule has 2 heterocycles. The number of carbonyl (C=O) groups excluding carboxylic acids is 1. The molecular weight excluding hydrogens is 382 g/mol. The molecule has 0 aliphatic rings. The van der Waals surface area contributed by atoms with Crippen molar-refractivity contribution < 1.29 is 14.1 Å². The van der Waals surface area contributed by atoms with Crippen LogP contribution in [-0.4, -0.2) is 21.0 Å². The number of nitrogens with one attached hydrogen (secondary N) is 2. The fraction of sp³-hybridized carbons (Fsp3) is 0.0556. The van der Waals surface area contributed by atoms with Crippen molar-refractivity contribution in [3.05, 3.63) is 76.0 Å². The number of aromatic nitrogens is 2. The largest absolute Gasteiger partial charge is 0.433 e. The minimum absolute atomic E-state index is 0.174. The molecule has 4 aromatic rings. The molecule has 0 spiro atoms. The first-order chi connectivity index (χ1) is 13.6. The molecular formula is C18H13N5O4S. The van der Waals surface area contributed by atoms with Crippen molar-refractivity contribution in [3.63, 3.8) is 0 Å². The lowest BCUT2D eigenvalue weighted by atomic mass is 10.0. The monoisotopic (exact) mass is 395 g/mol. The maximum absolute atomic E-state index is 12.1. The van der Waals surface area contributed by atoms with Crippen LogP contribution in [0.1, 0.15) is 16.1 Å². The average Bonchev–Trinajstić information content (AvgIpc) is 3.36. The number of anilines is 2. The van der Waals surface area contributed by atoms with Crippen LogP contribution < -0.4 is 10.6 Å². The Morgan fingerprint density at radius 3 is 2.68 bits per heavy atom. The third-order valence-corrected chi connectivity index (χ3v) is 4.75. The maximum Gasteiger partial charge on any atom is 0.433 e. The van der Waals surface area contributed by atoms with Gasteiger partial charge in [0.25, 0.3) is 5.91 Å². The SMILES string of the molecule is O=C(Nc1nnc(NCc2cccc3ccccc23)s1)c1ccc([N+](=O)[O-])o1. The van der Waals surface area contributed by atoms with Crippen LogP contribution in [-0.2, 0) is 6.54 Å². The van der Waals surface area contributed by atoms with Crippen molar-refractivity contribution >= 4 is 44.2 Å². The maximum atomic E-state index is 12.1. The number of nitrogens with zero attached hydrogens (tertiary/aromatic N) is 3. The summed E-state index contributed by atoms with van der Waals surface area (Å²) in [5, 5.41) is 27.3. The zero-order valence-corrected chi connectivity index (χ0v) is 15.1. The number of amides is 1. The van der Waals surface area contributed by atoms with Crippen LogP contribution in [0.25, 0.3) is 10.8 Å². The molecule has 9 nitrogen and oxygen atoms in total. The normalized spacial score (nSPS) is 10.7. The number of benzene rings is 2. The van der Waals surface area contributed by atoms with Crippen molar-refractivity contribution in [3.8, 4) is 0 Å². The molecule has 0 aliphatic heterocycles. The smallest absolute Gasteiger partial charge is 0.395 e. The molecule has 0 radical (unpaired) electrons. The molecule has 0 fully saturated rings. The van der Waals surface area contributed by atoms with Crippen molar-refractivity contribution in [2.45, 2.75) is 6.54 Å². The van der Waals surface area contributed by atoms with Crippen LogP contribution in [0.3, 0.4) is 0 Å². The number of furan rings is 1. The molecule has 2 N–H and O–H groups in total. The van der Waals surface area contributed by atoms with Gasteiger partial charge in [0.05, 0.1) is 6.07 Å². The second-order valence-electron chi connectivity index (χ2n) is 5.75. The van der Waals surface area contributed by atoms with Crippen molar-refractivity contribution in [1.29, 1.82) is 0 Å². The first-order valence-electron chi connectivity index (χ1n) is 8.20. The van der Waals surface area contributed by atoms with Crippen LogP contribution in [0.4, 0.5) is 16.1 Å². The molecule has 0 bridgehead atoms. The molecule has 2 aromatic heterocycles. The highest BCUT2D eigenvalue weighted by atomic mass is 32.1. The molecule has 0 saturated heterocycles. The van der Waals surface area contributed by atoms with Crippen molar-refractivity contribution in [2.75, 3.05) is 10.6 Å². The van der Waals surface area contributed by atoms with E-state index >= 15 is 0 Å². The van der Waals surface area contributed by atoms with Gasteiger partial charge in [-0.2, -0.15) is 0 Å². The van der Waals surface area contributed by atoms with E-state index < -0.39 is 16.7 Å². The van der Waals surface area contributed by atoms with Gasteiger partial charge in [0.2, 0.25) is 10.3 Å². The highest BCUT2D eigenvalue weighted by Gasteiger charge is 2.18. The van der Waals surface area contributed by atoms with Gasteiger partial charge in [-0.15, -0.1) is 10.2 Å². The Morgan fingerprint density at radius 2 is 1.86 bits per heavy atom. The van der Waals surface area contributed by atoms with E-state index in [2.05, 4.69) is 39.0 Å². The summed E-state index contributed by atoms with van der Waals surface area (Å²) < 4.78 is 4.86. The van der Waals surface area contributed by atoms with Crippen LogP contribution in [0.5, 0.6) is 0 Å². The summed E-state index contributed by atoms with van der Waals surface area (Å²) >= 11 is 1.15. The predicted molar refractivity (Wildman–Crippen MR) is 104 cm³/mol. The summed E-state index contributed by atoms with van der Waals surface area (Å²) in [6.45, 7) is 0.550. The fourth-order valence-electron chi connectivity index (χ4n) is 2.67. The highest BCUT2D eigenvalue weighted by Crippen LogP contribution is 2.24. The van der Waals surface area contributed by atoms with Gasteiger partial charge in [0.15, 0.2) is 5.76 Å². The van der Waals surface area contributed by atoms with E-state index in [1.54, 1.807) is 0 Å². The summed E-state index contributed by atoms with van der Waals surface area (Å²) in [5.74, 6) is -1.31. The second-order valence-corrected chi connectivity index (χ2v) is 6.73. The summed E-state index contributed by atoms with van der Waals surface area (Å²) in [5.41, 5.74) is 1.11. The molecule has 2 aromatic carbocycles. The number of carbonyl (C=O) groups is 1. The zero-order chi connectivity index (χ0) is 19.5. The third-order valence-electron chi connectivity index (χ3n) is 3.95. The molecule has 0 atom stereocenters. The van der Waals surface area contributed by atoms with Gasteiger partial charge in [-0.3, -0.25) is 20.2 Å². The van der Waals surface area contributed by atoms with E-state index in [-0.39, 0.29) is 10.9 Å². The van der Waals surface area contributed by atoms with Gasteiger partial charge < -0.3 is 9.73 Å². The molecule has 0 saturated carbocycles. The predicted octanol–water partition coefficient (Wildman–Crippen LogP) is 4.06. The number of hydrogen-bond acceptors (Lipinski definition) is 8. The standard InChI is InChI=1S/C18H13N5O4S/c24-16(14-8-9-15(27-14)23(25)26)20-18-22-21-17(28-18)19-10-12-6-3-5-11-4-1-2-7-13(11)12/h1-9H,10H2,(H,19,21)(H,20,22,24). The Kier molecular flexibility index (Phi) is 4.68. The van der Waals surface area contributed by atoms with Crippen LogP contribution >= 0.6 is 11.3 Å². The number of nitro groups is 1. The molecule has 140 valence electrons.